The minimum Gasteiger partial charge on any atom is -0.384 e. The van der Waals surface area contributed by atoms with Gasteiger partial charge in [-0.05, 0) is 48.6 Å². The van der Waals surface area contributed by atoms with E-state index in [1.807, 2.05) is 0 Å². The van der Waals surface area contributed by atoms with Crippen LogP contribution >= 0.6 is 11.6 Å². The van der Waals surface area contributed by atoms with Crippen molar-refractivity contribution < 1.29 is 13.6 Å². The van der Waals surface area contributed by atoms with E-state index in [-0.39, 0.29) is 34.4 Å². The van der Waals surface area contributed by atoms with E-state index < -0.39 is 11.8 Å². The zero-order chi connectivity index (χ0) is 25.0. The minimum absolute atomic E-state index is 0.00942. The standard InChI is InChI=1S/C25H20ClF2N7O/c26-17-4-2-15(13-9-31-32-10-13)22(23(17)27)12-7-14-1-5-19(35(14)21(36)8-12)25-30-11-18(33-25)16-3-6-20(29)34-24(16)28/h2-4,6,8-11,14,19H,1,5,7H2,(H2,29,34)(H,30,33)(H,31,32)/t14?,19-/m0/s1. The number of rotatable bonds is 4. The van der Waals surface area contributed by atoms with Gasteiger partial charge in [0.25, 0.3) is 0 Å². The van der Waals surface area contributed by atoms with E-state index in [1.165, 1.54) is 30.5 Å². The summed E-state index contributed by atoms with van der Waals surface area (Å²) in [5.41, 5.74) is 8.46. The van der Waals surface area contributed by atoms with Gasteiger partial charge < -0.3 is 15.6 Å². The predicted octanol–water partition coefficient (Wildman–Crippen LogP) is 4.90. The molecule has 2 aliphatic rings. The number of nitrogens with zero attached hydrogens (tertiary/aromatic N) is 4. The second-order valence-electron chi connectivity index (χ2n) is 8.89. The average molecular weight is 508 g/mol. The first-order chi connectivity index (χ1) is 17.4. The molecule has 8 nitrogen and oxygen atoms in total. The van der Waals surface area contributed by atoms with E-state index in [0.717, 1.165) is 0 Å². The van der Waals surface area contributed by atoms with E-state index >= 15 is 4.39 Å². The number of pyridine rings is 1. The molecule has 5 heterocycles. The molecule has 2 aliphatic heterocycles. The van der Waals surface area contributed by atoms with Crippen LogP contribution in [0, 0.1) is 11.8 Å². The van der Waals surface area contributed by atoms with Crippen molar-refractivity contribution in [1.82, 2.24) is 30.0 Å². The van der Waals surface area contributed by atoms with Crippen molar-refractivity contribution in [1.29, 1.82) is 0 Å². The van der Waals surface area contributed by atoms with Crippen LogP contribution in [0.4, 0.5) is 14.6 Å². The van der Waals surface area contributed by atoms with Gasteiger partial charge in [-0.15, -0.1) is 0 Å². The SMILES string of the molecule is Nc1ccc(-c2cnc([C@@H]3CCC4CC(c5c(-c6cn[nH]c6)ccc(Cl)c5F)=CC(=O)N43)[nH]2)c(F)n1. The van der Waals surface area contributed by atoms with Gasteiger partial charge in [0, 0.05) is 29.4 Å². The van der Waals surface area contributed by atoms with Crippen LogP contribution in [-0.2, 0) is 4.79 Å². The number of hydrogen-bond donors (Lipinski definition) is 3. The van der Waals surface area contributed by atoms with Crippen molar-refractivity contribution in [2.45, 2.75) is 31.3 Å². The van der Waals surface area contributed by atoms with Crippen LogP contribution in [-0.4, -0.2) is 42.0 Å². The Kier molecular flexibility index (Phi) is 5.33. The zero-order valence-corrected chi connectivity index (χ0v) is 19.6. The number of anilines is 1. The number of hydrogen-bond acceptors (Lipinski definition) is 5. The van der Waals surface area contributed by atoms with Crippen LogP contribution in [0.3, 0.4) is 0 Å². The van der Waals surface area contributed by atoms with E-state index in [0.29, 0.717) is 53.0 Å². The summed E-state index contributed by atoms with van der Waals surface area (Å²) in [4.78, 5) is 26.3. The maximum atomic E-state index is 15.3. The molecule has 1 unspecified atom stereocenters. The Morgan fingerprint density at radius 3 is 2.72 bits per heavy atom. The Morgan fingerprint density at radius 1 is 1.11 bits per heavy atom. The molecule has 0 saturated carbocycles. The van der Waals surface area contributed by atoms with Crippen molar-refractivity contribution in [3.8, 4) is 22.4 Å². The number of H-pyrrole nitrogens is 2. The first-order valence-corrected chi connectivity index (χ1v) is 11.8. The average Bonchev–Trinajstić information content (AvgIpc) is 3.61. The number of aromatic amines is 2. The summed E-state index contributed by atoms with van der Waals surface area (Å²) in [5.74, 6) is -0.856. The summed E-state index contributed by atoms with van der Waals surface area (Å²) in [6, 6.07) is 5.83. The number of carbonyl (C=O) groups is 1. The number of amides is 1. The van der Waals surface area contributed by atoms with E-state index in [1.54, 1.807) is 23.4 Å². The fourth-order valence-corrected chi connectivity index (χ4v) is 5.35. The fourth-order valence-electron chi connectivity index (χ4n) is 5.19. The lowest BCUT2D eigenvalue weighted by Crippen LogP contribution is -2.39. The molecular weight excluding hydrogens is 488 g/mol. The van der Waals surface area contributed by atoms with Crippen LogP contribution in [0.1, 0.15) is 36.7 Å². The molecule has 0 bridgehead atoms. The van der Waals surface area contributed by atoms with Crippen LogP contribution in [0.5, 0.6) is 0 Å². The molecule has 6 rings (SSSR count). The second kappa shape index (κ2) is 8.56. The number of fused-ring (bicyclic) bond motifs is 1. The predicted molar refractivity (Wildman–Crippen MR) is 130 cm³/mol. The minimum atomic E-state index is -0.701. The first-order valence-electron chi connectivity index (χ1n) is 11.4. The molecule has 36 heavy (non-hydrogen) atoms. The molecule has 3 aromatic heterocycles. The molecule has 11 heteroatoms. The number of nitrogen functional groups attached to an aromatic ring is 1. The number of nitrogens with one attached hydrogen (secondary N) is 2. The summed E-state index contributed by atoms with van der Waals surface area (Å²) < 4.78 is 29.6. The molecule has 0 aliphatic carbocycles. The maximum Gasteiger partial charge on any atom is 0.247 e. The lowest BCUT2D eigenvalue weighted by Gasteiger charge is -2.33. The van der Waals surface area contributed by atoms with Gasteiger partial charge in [0.1, 0.15) is 17.5 Å². The lowest BCUT2D eigenvalue weighted by molar-refractivity contribution is -0.129. The van der Waals surface area contributed by atoms with Gasteiger partial charge in [0.05, 0.1) is 34.7 Å². The van der Waals surface area contributed by atoms with Crippen molar-refractivity contribution in [3.05, 3.63) is 77.1 Å². The number of benzene rings is 1. The Balaban J connectivity index is 1.33. The summed E-state index contributed by atoms with van der Waals surface area (Å²) >= 11 is 6.12. The highest BCUT2D eigenvalue weighted by Crippen LogP contribution is 2.45. The maximum absolute atomic E-state index is 15.3. The van der Waals surface area contributed by atoms with Gasteiger partial charge in [-0.2, -0.15) is 9.49 Å². The summed E-state index contributed by atoms with van der Waals surface area (Å²) in [6.45, 7) is 0. The molecule has 2 atom stereocenters. The van der Waals surface area contributed by atoms with E-state index in [9.17, 15) is 9.18 Å². The van der Waals surface area contributed by atoms with Gasteiger partial charge >= 0.3 is 0 Å². The van der Waals surface area contributed by atoms with Crippen LogP contribution in [0.15, 0.2) is 48.9 Å². The molecule has 1 amide bonds. The van der Waals surface area contributed by atoms with Crippen LogP contribution < -0.4 is 5.73 Å². The number of aromatic nitrogens is 5. The quantitative estimate of drug-likeness (QED) is 0.340. The Hall–Kier alpha value is -4.05. The van der Waals surface area contributed by atoms with Crippen molar-refractivity contribution in [3.63, 3.8) is 0 Å². The molecule has 1 fully saturated rings. The van der Waals surface area contributed by atoms with Crippen molar-refractivity contribution >= 4 is 28.9 Å². The Labute approximate surface area is 209 Å². The Bertz CT molecular complexity index is 1510. The van der Waals surface area contributed by atoms with E-state index in [2.05, 4.69) is 25.1 Å². The van der Waals surface area contributed by atoms with Gasteiger partial charge in [-0.3, -0.25) is 9.89 Å². The molecule has 0 radical (unpaired) electrons. The zero-order valence-electron chi connectivity index (χ0n) is 18.8. The van der Waals surface area contributed by atoms with Gasteiger partial charge in [-0.1, -0.05) is 17.7 Å². The third kappa shape index (κ3) is 3.65. The van der Waals surface area contributed by atoms with Crippen LogP contribution in [0.25, 0.3) is 28.0 Å². The molecule has 182 valence electrons. The van der Waals surface area contributed by atoms with E-state index in [4.69, 9.17) is 17.3 Å². The highest BCUT2D eigenvalue weighted by molar-refractivity contribution is 6.31. The number of nitrogens with two attached hydrogens (primary N) is 1. The number of carbonyl (C=O) groups excluding carboxylic acids is 1. The lowest BCUT2D eigenvalue weighted by atomic mass is 9.89. The third-order valence-electron chi connectivity index (χ3n) is 6.81. The Morgan fingerprint density at radius 2 is 1.94 bits per heavy atom. The molecule has 0 spiro atoms. The molecule has 1 saturated heterocycles. The molecular formula is C25H20ClF2N7O. The molecule has 1 aromatic carbocycles. The summed E-state index contributed by atoms with van der Waals surface area (Å²) in [5, 5.41) is 6.69. The smallest absolute Gasteiger partial charge is 0.247 e. The van der Waals surface area contributed by atoms with Gasteiger partial charge in [-0.25, -0.2) is 14.4 Å². The van der Waals surface area contributed by atoms with Crippen molar-refractivity contribution in [2.75, 3.05) is 5.73 Å². The van der Waals surface area contributed by atoms with Gasteiger partial charge in [0.15, 0.2) is 0 Å². The third-order valence-corrected chi connectivity index (χ3v) is 7.10. The molecule has 4 aromatic rings. The van der Waals surface area contributed by atoms with Crippen molar-refractivity contribution in [2.24, 2.45) is 0 Å². The van der Waals surface area contributed by atoms with Gasteiger partial charge in [0.2, 0.25) is 11.9 Å². The highest BCUT2D eigenvalue weighted by Gasteiger charge is 2.42. The fraction of sp³-hybridized carbons (Fsp3) is 0.200. The second-order valence-corrected chi connectivity index (χ2v) is 9.30. The number of imidazole rings is 1. The summed E-state index contributed by atoms with van der Waals surface area (Å²) in [6.07, 6.45) is 8.11. The largest absolute Gasteiger partial charge is 0.384 e. The monoisotopic (exact) mass is 507 g/mol. The summed E-state index contributed by atoms with van der Waals surface area (Å²) in [7, 11) is 0. The normalized spacial score (nSPS) is 19.5. The first kappa shape index (κ1) is 22.4. The molecule has 4 N–H and O–H groups in total. The topological polar surface area (TPSA) is 117 Å². The van der Waals surface area contributed by atoms with Crippen LogP contribution in [0.2, 0.25) is 5.02 Å². The number of halogens is 3. The highest BCUT2D eigenvalue weighted by atomic mass is 35.5.